The Balaban J connectivity index is 1.83. The molecule has 0 aromatic heterocycles. The number of aryl methyl sites for hydroxylation is 1. The molecule has 5 heteroatoms. The molecule has 2 atom stereocenters. The van der Waals surface area contributed by atoms with Crippen molar-refractivity contribution < 1.29 is 9.53 Å². The van der Waals surface area contributed by atoms with Gasteiger partial charge in [-0.05, 0) is 62.1 Å². The monoisotopic (exact) mass is 438 g/mol. The third kappa shape index (κ3) is 3.39. The Hall–Kier alpha value is -2.40. The van der Waals surface area contributed by atoms with E-state index < -0.39 is 0 Å². The molecule has 1 aliphatic carbocycles. The third-order valence-electron chi connectivity index (χ3n) is 5.51. The lowest BCUT2D eigenvalue weighted by Crippen LogP contribution is -2.28. The summed E-state index contributed by atoms with van der Waals surface area (Å²) in [5, 5.41) is 7.05. The van der Waals surface area contributed by atoms with Crippen LogP contribution in [0.3, 0.4) is 0 Å². The topological polar surface area (TPSA) is 41.9 Å². The van der Waals surface area contributed by atoms with Gasteiger partial charge in [0, 0.05) is 27.7 Å². The molecule has 2 aromatic carbocycles. The van der Waals surface area contributed by atoms with Gasteiger partial charge in [0.25, 0.3) is 0 Å². The number of allylic oxidation sites excluding steroid dienone is 2. The van der Waals surface area contributed by atoms with E-state index >= 15 is 0 Å². The third-order valence-corrected chi connectivity index (χ3v) is 6.04. The summed E-state index contributed by atoms with van der Waals surface area (Å²) in [6.07, 6.45) is 3.71. The van der Waals surface area contributed by atoms with Gasteiger partial charge in [0.1, 0.15) is 5.75 Å². The molecule has 4 rings (SSSR count). The molecule has 0 amide bonds. The average molecular weight is 439 g/mol. The summed E-state index contributed by atoms with van der Waals surface area (Å²) in [7, 11) is 1.69. The highest BCUT2D eigenvalue weighted by molar-refractivity contribution is 9.10. The van der Waals surface area contributed by atoms with E-state index in [1.165, 1.54) is 11.1 Å². The normalized spacial score (nSPS) is 21.1. The lowest BCUT2D eigenvalue weighted by Gasteiger charge is -2.31. The zero-order chi connectivity index (χ0) is 19.8. The van der Waals surface area contributed by atoms with E-state index in [2.05, 4.69) is 52.3 Å². The molecule has 0 fully saturated rings. The number of fused-ring (bicyclic) bond motifs is 3. The van der Waals surface area contributed by atoms with Crippen LogP contribution in [0.25, 0.3) is 0 Å². The number of ketones is 1. The van der Waals surface area contributed by atoms with Gasteiger partial charge in [0.15, 0.2) is 5.78 Å². The van der Waals surface area contributed by atoms with E-state index in [9.17, 15) is 4.79 Å². The van der Waals surface area contributed by atoms with Crippen molar-refractivity contribution >= 4 is 27.4 Å². The Kier molecular flexibility index (Phi) is 5.11. The van der Waals surface area contributed by atoms with Crippen LogP contribution in [0.5, 0.6) is 5.75 Å². The standard InChI is InChI=1S/C23H23BrN2O2/c1-14(12-15(2)27)26-23(17-4-8-18(24)9-5-17)20-11-7-16-6-10-19(28-3)13-21(16)22(20)25-26/h4-6,8-10,12-13,20,23H,7,11H2,1-3H3/b14-12+. The van der Waals surface area contributed by atoms with Crippen LogP contribution in [0.2, 0.25) is 0 Å². The molecule has 0 saturated carbocycles. The summed E-state index contributed by atoms with van der Waals surface area (Å²) in [6, 6.07) is 14.7. The first kappa shape index (κ1) is 18.9. The molecular formula is C23H23BrN2O2. The van der Waals surface area contributed by atoms with Gasteiger partial charge >= 0.3 is 0 Å². The fourth-order valence-electron chi connectivity index (χ4n) is 4.26. The van der Waals surface area contributed by atoms with Crippen LogP contribution in [-0.4, -0.2) is 23.6 Å². The number of hydrogen-bond donors (Lipinski definition) is 0. The minimum absolute atomic E-state index is 0.0317. The minimum atomic E-state index is 0.0317. The predicted molar refractivity (Wildman–Crippen MR) is 115 cm³/mol. The van der Waals surface area contributed by atoms with Gasteiger partial charge in [0.2, 0.25) is 0 Å². The Morgan fingerprint density at radius 3 is 2.64 bits per heavy atom. The summed E-state index contributed by atoms with van der Waals surface area (Å²) in [5.41, 5.74) is 5.63. The molecular weight excluding hydrogens is 416 g/mol. The number of rotatable bonds is 4. The molecule has 2 aliphatic rings. The van der Waals surface area contributed by atoms with Crippen LogP contribution >= 0.6 is 15.9 Å². The highest BCUT2D eigenvalue weighted by Gasteiger charge is 2.42. The number of methoxy groups -OCH3 is 1. The number of hydrazone groups is 1. The van der Waals surface area contributed by atoms with Gasteiger partial charge in [-0.25, -0.2) is 0 Å². The predicted octanol–water partition coefficient (Wildman–Crippen LogP) is 5.27. The smallest absolute Gasteiger partial charge is 0.154 e. The number of halogens is 1. The molecule has 1 aliphatic heterocycles. The van der Waals surface area contributed by atoms with Crippen molar-refractivity contribution in [3.63, 3.8) is 0 Å². The number of nitrogens with zero attached hydrogens (tertiary/aromatic N) is 2. The molecule has 0 radical (unpaired) electrons. The number of carbonyl (C=O) groups excluding carboxylic acids is 1. The van der Waals surface area contributed by atoms with Crippen molar-refractivity contribution in [3.8, 4) is 5.75 Å². The molecule has 2 aromatic rings. The Bertz CT molecular complexity index is 979. The summed E-state index contributed by atoms with van der Waals surface area (Å²) in [4.78, 5) is 11.7. The second-order valence-electron chi connectivity index (χ2n) is 7.39. The SMILES string of the molecule is COc1ccc2c(c1)C1=NN(/C(C)=C/C(C)=O)C(c3ccc(Br)cc3)C1CC2. The number of hydrogen-bond acceptors (Lipinski definition) is 4. The Labute approximate surface area is 174 Å². The van der Waals surface area contributed by atoms with Gasteiger partial charge in [-0.1, -0.05) is 34.1 Å². The van der Waals surface area contributed by atoms with Crippen LogP contribution in [-0.2, 0) is 11.2 Å². The van der Waals surface area contributed by atoms with E-state index in [1.54, 1.807) is 20.1 Å². The van der Waals surface area contributed by atoms with Gasteiger partial charge in [-0.3, -0.25) is 9.80 Å². The van der Waals surface area contributed by atoms with Gasteiger partial charge in [-0.2, -0.15) is 5.10 Å². The second kappa shape index (κ2) is 7.55. The lowest BCUT2D eigenvalue weighted by atomic mass is 9.77. The zero-order valence-corrected chi connectivity index (χ0v) is 17.9. The van der Waals surface area contributed by atoms with Gasteiger partial charge in [-0.15, -0.1) is 0 Å². The van der Waals surface area contributed by atoms with Crippen LogP contribution < -0.4 is 4.74 Å². The first-order valence-corrected chi connectivity index (χ1v) is 10.3. The van der Waals surface area contributed by atoms with Crippen molar-refractivity contribution in [3.05, 3.63) is 75.4 Å². The average Bonchev–Trinajstić information content (AvgIpc) is 3.08. The van der Waals surface area contributed by atoms with Gasteiger partial charge < -0.3 is 4.74 Å². The molecule has 0 spiro atoms. The highest BCUT2D eigenvalue weighted by Crippen LogP contribution is 2.45. The summed E-state index contributed by atoms with van der Waals surface area (Å²) in [5.74, 6) is 1.15. The van der Waals surface area contributed by atoms with Crippen molar-refractivity contribution in [2.24, 2.45) is 11.0 Å². The lowest BCUT2D eigenvalue weighted by molar-refractivity contribution is -0.112. The maximum atomic E-state index is 11.7. The molecule has 0 N–H and O–H groups in total. The van der Waals surface area contributed by atoms with E-state index in [-0.39, 0.29) is 17.7 Å². The fraction of sp³-hybridized carbons (Fsp3) is 0.304. The summed E-state index contributed by atoms with van der Waals surface area (Å²) in [6.45, 7) is 3.54. The molecule has 0 saturated heterocycles. The second-order valence-corrected chi connectivity index (χ2v) is 8.31. The maximum absolute atomic E-state index is 11.7. The van der Waals surface area contributed by atoms with E-state index in [0.29, 0.717) is 0 Å². The van der Waals surface area contributed by atoms with Crippen molar-refractivity contribution in [2.45, 2.75) is 32.7 Å². The number of carbonyl (C=O) groups is 1. The van der Waals surface area contributed by atoms with Crippen LogP contribution in [0.15, 0.2) is 63.8 Å². The fourth-order valence-corrected chi connectivity index (χ4v) is 4.53. The number of benzene rings is 2. The molecule has 144 valence electrons. The van der Waals surface area contributed by atoms with Crippen molar-refractivity contribution in [1.82, 2.24) is 5.01 Å². The molecule has 4 nitrogen and oxygen atoms in total. The highest BCUT2D eigenvalue weighted by atomic mass is 79.9. The molecule has 28 heavy (non-hydrogen) atoms. The molecule has 1 heterocycles. The van der Waals surface area contributed by atoms with Crippen LogP contribution in [0.4, 0.5) is 0 Å². The summed E-state index contributed by atoms with van der Waals surface area (Å²) < 4.78 is 6.50. The summed E-state index contributed by atoms with van der Waals surface area (Å²) >= 11 is 3.52. The van der Waals surface area contributed by atoms with E-state index in [0.717, 1.165) is 40.0 Å². The Morgan fingerprint density at radius 2 is 1.96 bits per heavy atom. The van der Waals surface area contributed by atoms with Gasteiger partial charge in [0.05, 0.1) is 18.9 Å². The largest absolute Gasteiger partial charge is 0.497 e. The first-order valence-electron chi connectivity index (χ1n) is 9.47. The number of ether oxygens (including phenoxy) is 1. The Morgan fingerprint density at radius 1 is 1.21 bits per heavy atom. The molecule has 2 unspecified atom stereocenters. The first-order chi connectivity index (χ1) is 13.5. The van der Waals surface area contributed by atoms with Crippen LogP contribution in [0.1, 0.15) is 43.0 Å². The molecule has 0 bridgehead atoms. The van der Waals surface area contributed by atoms with E-state index in [1.807, 2.05) is 18.0 Å². The minimum Gasteiger partial charge on any atom is -0.497 e. The van der Waals surface area contributed by atoms with Crippen LogP contribution in [0, 0.1) is 5.92 Å². The maximum Gasteiger partial charge on any atom is 0.154 e. The zero-order valence-electron chi connectivity index (χ0n) is 16.3. The van der Waals surface area contributed by atoms with Crippen molar-refractivity contribution in [2.75, 3.05) is 7.11 Å². The van der Waals surface area contributed by atoms with Crippen molar-refractivity contribution in [1.29, 1.82) is 0 Å². The van der Waals surface area contributed by atoms with E-state index in [4.69, 9.17) is 9.84 Å². The quantitative estimate of drug-likeness (QED) is 0.610.